The SMILES string of the molecule is C#C.COC(CCS(=O)(=O)c1ccccc1)CC(=O)OC(CCCCCCC(=O)O)CC(=O)OC(CCCCC(=O)O)CC(=O)OC(CCC(=O)O)CC(C)=O.[2H][2H].[B][B]. The highest BCUT2D eigenvalue weighted by atomic mass is 32.2. The van der Waals surface area contributed by atoms with Gasteiger partial charge in [-0.2, -0.15) is 0 Å². The van der Waals surface area contributed by atoms with Gasteiger partial charge >= 0.3 is 35.8 Å². The number of hydrogen-bond donors (Lipinski definition) is 3. The summed E-state index contributed by atoms with van der Waals surface area (Å²) < 4.78 is 57.4. The molecule has 4 unspecified atom stereocenters. The Kier molecular flexibility index (Phi) is 30.6. The third-order valence-electron chi connectivity index (χ3n) is 8.25. The number of sulfone groups is 1. The minimum atomic E-state index is -3.65. The van der Waals surface area contributed by atoms with E-state index in [0.29, 0.717) is 25.7 Å². The van der Waals surface area contributed by atoms with Crippen molar-refractivity contribution in [3.63, 3.8) is 0 Å². The number of unbranched alkanes of at least 4 members (excludes halogenated alkanes) is 4. The Labute approximate surface area is 346 Å². The molecule has 0 spiro atoms. The second-order valence-corrected chi connectivity index (χ2v) is 15.2. The van der Waals surface area contributed by atoms with E-state index >= 15 is 0 Å². The molecule has 322 valence electrons. The number of Topliss-reactive ketones (excluding diaryl/α,β-unsaturated/α-hetero) is 1. The first-order valence-electron chi connectivity index (χ1n) is 19.7. The summed E-state index contributed by atoms with van der Waals surface area (Å²) >= 11 is 0. The number of ether oxygens (including phenoxy) is 4. The molecule has 4 radical (unpaired) electrons. The largest absolute Gasteiger partial charge is 0.481 e. The van der Waals surface area contributed by atoms with Gasteiger partial charge in [0.05, 0.1) is 36.0 Å². The average molecular weight is 839 g/mol. The van der Waals surface area contributed by atoms with Gasteiger partial charge in [-0.15, -0.1) is 12.8 Å². The molecule has 0 amide bonds. The van der Waals surface area contributed by atoms with E-state index in [2.05, 4.69) is 28.3 Å². The summed E-state index contributed by atoms with van der Waals surface area (Å²) in [6, 6.07) is 7.81. The van der Waals surface area contributed by atoms with Gasteiger partial charge in [0.1, 0.15) is 24.1 Å². The van der Waals surface area contributed by atoms with E-state index < -0.39 is 82.9 Å². The molecule has 0 aliphatic rings. The smallest absolute Gasteiger partial charge is 0.309 e. The van der Waals surface area contributed by atoms with Gasteiger partial charge in [0.15, 0.2) is 9.84 Å². The van der Waals surface area contributed by atoms with E-state index in [1.807, 2.05) is 0 Å². The summed E-state index contributed by atoms with van der Waals surface area (Å²) in [5.74, 6) is -6.17. The van der Waals surface area contributed by atoms with Crippen molar-refractivity contribution in [2.75, 3.05) is 12.9 Å². The van der Waals surface area contributed by atoms with Crippen molar-refractivity contribution < 1.29 is 79.2 Å². The molecular formula is C39H58B2O16S. The van der Waals surface area contributed by atoms with Crippen molar-refractivity contribution in [3.05, 3.63) is 30.3 Å². The molecule has 0 aromatic heterocycles. The first kappa shape index (κ1) is 53.3. The quantitative estimate of drug-likeness (QED) is 0.0308. The second kappa shape index (κ2) is 33.3. The van der Waals surface area contributed by atoms with Crippen LogP contribution in [0.5, 0.6) is 0 Å². The summed E-state index contributed by atoms with van der Waals surface area (Å²) in [6.45, 7) is 1.26. The molecule has 19 heteroatoms. The molecule has 0 saturated carbocycles. The van der Waals surface area contributed by atoms with Crippen LogP contribution in [0.1, 0.15) is 119 Å². The molecule has 0 saturated heterocycles. The van der Waals surface area contributed by atoms with Gasteiger partial charge in [0.25, 0.3) is 0 Å². The van der Waals surface area contributed by atoms with Crippen LogP contribution in [0.4, 0.5) is 0 Å². The van der Waals surface area contributed by atoms with Gasteiger partial charge in [0, 0.05) is 51.2 Å². The van der Waals surface area contributed by atoms with Gasteiger partial charge in [-0.25, -0.2) is 8.42 Å². The monoisotopic (exact) mass is 838 g/mol. The molecule has 4 atom stereocenters. The third kappa shape index (κ3) is 29.5. The summed E-state index contributed by atoms with van der Waals surface area (Å²) in [7, 11) is 5.68. The highest BCUT2D eigenvalue weighted by Crippen LogP contribution is 2.20. The highest BCUT2D eigenvalue weighted by molar-refractivity contribution is 7.91. The molecular weight excluding hydrogens is 778 g/mol. The third-order valence-corrected chi connectivity index (χ3v) is 10.0. The van der Waals surface area contributed by atoms with E-state index in [-0.39, 0.29) is 87.1 Å². The fourth-order valence-electron chi connectivity index (χ4n) is 5.46. The molecule has 0 bridgehead atoms. The first-order chi connectivity index (χ1) is 28.5. The Morgan fingerprint density at radius 2 is 1.02 bits per heavy atom. The fourth-order valence-corrected chi connectivity index (χ4v) is 6.84. The molecule has 3 N–H and O–H groups in total. The lowest BCUT2D eigenvalue weighted by Crippen LogP contribution is -2.30. The molecule has 0 heterocycles. The number of hydrogen-bond acceptors (Lipinski definition) is 13. The van der Waals surface area contributed by atoms with Gasteiger partial charge in [-0.3, -0.25) is 33.6 Å². The van der Waals surface area contributed by atoms with Crippen LogP contribution in [0.3, 0.4) is 0 Å². The van der Waals surface area contributed by atoms with Gasteiger partial charge in [-0.05, 0) is 70.4 Å². The molecule has 1 aromatic rings. The molecule has 0 aliphatic heterocycles. The van der Waals surface area contributed by atoms with E-state index in [1.54, 1.807) is 18.2 Å². The van der Waals surface area contributed by atoms with Crippen molar-refractivity contribution in [2.45, 2.75) is 145 Å². The number of aliphatic carboxylic acids is 3. The van der Waals surface area contributed by atoms with Crippen molar-refractivity contribution >= 4 is 66.9 Å². The number of rotatable bonds is 31. The lowest BCUT2D eigenvalue weighted by atomic mass is 9.81. The first-order valence-corrected chi connectivity index (χ1v) is 20.4. The van der Waals surface area contributed by atoms with Crippen LogP contribution in [0.15, 0.2) is 35.2 Å². The zero-order valence-electron chi connectivity index (χ0n) is 35.3. The van der Waals surface area contributed by atoms with Gasteiger partial charge in [-0.1, -0.05) is 31.0 Å². The molecule has 58 heavy (non-hydrogen) atoms. The van der Waals surface area contributed by atoms with Crippen LogP contribution in [-0.4, -0.2) is 118 Å². The maximum atomic E-state index is 13.2. The Morgan fingerprint density at radius 1 is 0.621 bits per heavy atom. The Bertz CT molecular complexity index is 1530. The van der Waals surface area contributed by atoms with Crippen molar-refractivity contribution in [1.82, 2.24) is 0 Å². The maximum absolute atomic E-state index is 13.2. The summed E-state index contributed by atoms with van der Waals surface area (Å²) in [6.07, 6.45) is 4.88. The zero-order chi connectivity index (χ0) is 46.5. The van der Waals surface area contributed by atoms with Crippen LogP contribution in [0.25, 0.3) is 0 Å². The predicted molar refractivity (Wildman–Crippen MR) is 215 cm³/mol. The molecule has 0 aliphatic carbocycles. The lowest BCUT2D eigenvalue weighted by molar-refractivity contribution is -0.163. The highest BCUT2D eigenvalue weighted by Gasteiger charge is 2.27. The Morgan fingerprint density at radius 3 is 1.45 bits per heavy atom. The molecule has 1 rings (SSSR count). The van der Waals surface area contributed by atoms with Crippen molar-refractivity contribution in [1.29, 1.82) is 0 Å². The number of benzene rings is 1. The Hall–Kier alpha value is -4.69. The summed E-state index contributed by atoms with van der Waals surface area (Å²) in [4.78, 5) is 83.8. The zero-order valence-corrected chi connectivity index (χ0v) is 34.1. The minimum absolute atomic E-state index is 0.00547. The van der Waals surface area contributed by atoms with Crippen molar-refractivity contribution in [2.24, 2.45) is 0 Å². The number of carbonyl (C=O) groups excluding carboxylic acids is 4. The molecule has 0 fully saturated rings. The number of esters is 3. The molecule has 16 nitrogen and oxygen atoms in total. The number of ketones is 1. The minimum Gasteiger partial charge on any atom is -0.481 e. The van der Waals surface area contributed by atoms with Gasteiger partial charge in [0.2, 0.25) is 0 Å². The molecule has 1 aromatic carbocycles. The number of carbonyl (C=O) groups is 7. The average Bonchev–Trinajstić information content (AvgIpc) is 3.20. The van der Waals surface area contributed by atoms with Gasteiger partial charge < -0.3 is 34.3 Å². The van der Waals surface area contributed by atoms with Crippen LogP contribution in [0.2, 0.25) is 0 Å². The number of terminal acetylenes is 1. The van der Waals surface area contributed by atoms with Crippen LogP contribution in [-0.2, 0) is 62.3 Å². The standard InChI is InChI=1S/C37H54O16S.C2H2.B2.H2/c1-26(38)22-30(18-19-34(43)44)53-37(47)25-29(13-10-11-17-33(41)42)52-36(46)24-28(12-6-3-4-9-16-32(39)40)51-35(45)23-27(50-2)20-21-54(48,49)31-14-7-5-8-15-31;2*1-2;/h5,7-8,14-15,27-30H,3-4,6,9-13,16-25H2,1-2H3,(H,39,40)(H,41,42)(H,43,44);1-2H;;1H/i;;;1+1D. The van der Waals surface area contributed by atoms with E-state index in [4.69, 9.17) is 37.2 Å². The van der Waals surface area contributed by atoms with E-state index in [0.717, 1.165) is 0 Å². The maximum Gasteiger partial charge on any atom is 0.309 e. The summed E-state index contributed by atoms with van der Waals surface area (Å²) in [5, 5.41) is 26.9. The second-order valence-electron chi connectivity index (χ2n) is 13.1. The summed E-state index contributed by atoms with van der Waals surface area (Å²) in [5.41, 5.74) is 0. The van der Waals surface area contributed by atoms with E-state index in [1.165, 1.54) is 26.2 Å². The Balaban J connectivity index is -0.00000516. The number of carboxylic acid groups (broad SMARTS) is 3. The van der Waals surface area contributed by atoms with E-state index in [9.17, 15) is 42.0 Å². The predicted octanol–water partition coefficient (Wildman–Crippen LogP) is 4.42. The number of methoxy groups -OCH3 is 1. The fraction of sp³-hybridized carbons (Fsp3) is 0.615. The van der Waals surface area contributed by atoms with Crippen LogP contribution in [0, 0.1) is 12.8 Å². The van der Waals surface area contributed by atoms with Crippen LogP contribution < -0.4 is 0 Å². The van der Waals surface area contributed by atoms with Crippen molar-refractivity contribution in [3.8, 4) is 12.8 Å². The number of carboxylic acids is 3. The normalized spacial score (nSPS) is 12.8. The topological polar surface area (TPSA) is 251 Å². The lowest BCUT2D eigenvalue weighted by Gasteiger charge is -2.23. The van der Waals surface area contributed by atoms with Crippen LogP contribution >= 0.6 is 0 Å².